The van der Waals surface area contributed by atoms with Gasteiger partial charge in [-0.3, -0.25) is 0 Å². The van der Waals surface area contributed by atoms with Gasteiger partial charge in [-0.2, -0.15) is 0 Å². The Hall–Kier alpha value is -7.56. The molecule has 3 nitrogen and oxygen atoms in total. The molecule has 4 heteroatoms. The molecule has 1 aromatic heterocycles. The number of rotatable bonds is 7. The summed E-state index contributed by atoms with van der Waals surface area (Å²) in [5.41, 5.74) is 19.7. The van der Waals surface area contributed by atoms with Crippen molar-refractivity contribution in [2.75, 3.05) is 9.80 Å². The standard InChI is InChI=1S/C82H88BN3/c1-79(2,3)57-41-43-68-72(49-57)85(77-64(53-29-17-13-18-30-53)45-58(80(4,5)6)46-65(77)54-31-19-14-20-32-54)74-50-60(82(10,11)12)51-75-76(74)83(68)69-44-42-61(84-70-39-27-25-37-62(70)63-38-26-28-40-71(63)84)52-73(69)86(75)78-66(55-33-21-15-22-34-55)47-59(81(7,8)9)48-67(78)56-35-23-16-24-36-56/h13,15-17,21-28,31,33-45,47-53,58,65,77H,14,18-20,29-30,32,46H2,1-12H3/i25D,26D,27D,28D,37D,38D,39D,40D. The zero-order chi connectivity index (χ0) is 66.6. The Labute approximate surface area is 525 Å². The molecule has 5 aliphatic rings. The van der Waals surface area contributed by atoms with Crippen molar-refractivity contribution in [1.29, 1.82) is 0 Å². The summed E-state index contributed by atoms with van der Waals surface area (Å²) >= 11 is 0. The number of fused-ring (bicyclic) bond motifs is 7. The van der Waals surface area contributed by atoms with Crippen LogP contribution < -0.4 is 26.2 Å². The van der Waals surface area contributed by atoms with E-state index in [1.165, 1.54) is 51.8 Å². The van der Waals surface area contributed by atoms with Crippen LogP contribution in [0.4, 0.5) is 28.4 Å². The van der Waals surface area contributed by atoms with Gasteiger partial charge < -0.3 is 14.4 Å². The van der Waals surface area contributed by atoms with Gasteiger partial charge in [0.25, 0.3) is 6.71 Å². The predicted octanol–water partition coefficient (Wildman–Crippen LogP) is 20.6. The average Bonchev–Trinajstić information content (AvgIpc) is 0.871. The van der Waals surface area contributed by atoms with Gasteiger partial charge >= 0.3 is 0 Å². The van der Waals surface area contributed by atoms with Crippen LogP contribution in [0.1, 0.15) is 162 Å². The number of benzene rings is 8. The van der Waals surface area contributed by atoms with E-state index >= 15 is 0 Å². The Morgan fingerprint density at radius 3 is 1.71 bits per heavy atom. The third kappa shape index (κ3) is 9.64. The van der Waals surface area contributed by atoms with Crippen molar-refractivity contribution in [3.8, 4) is 27.9 Å². The highest BCUT2D eigenvalue weighted by Crippen LogP contribution is 2.56. The van der Waals surface area contributed by atoms with E-state index in [-0.39, 0.29) is 86.3 Å². The Balaban J connectivity index is 1.18. The first-order valence-corrected chi connectivity index (χ1v) is 32.0. The molecule has 9 aromatic rings. The van der Waals surface area contributed by atoms with Crippen LogP contribution >= 0.6 is 0 Å². The molecule has 0 radical (unpaired) electrons. The fraction of sp³-hybridized carbons (Fsp3) is 0.341. The summed E-state index contributed by atoms with van der Waals surface area (Å²) in [6, 6.07) is 41.9. The molecule has 0 fully saturated rings. The molecule has 86 heavy (non-hydrogen) atoms. The van der Waals surface area contributed by atoms with Gasteiger partial charge in [-0.15, -0.1) is 0 Å². The van der Waals surface area contributed by atoms with Gasteiger partial charge in [0.2, 0.25) is 0 Å². The summed E-state index contributed by atoms with van der Waals surface area (Å²) in [4.78, 5) is 5.43. The molecule has 2 aliphatic heterocycles. The molecule has 4 atom stereocenters. The summed E-state index contributed by atoms with van der Waals surface area (Å²) in [6.45, 7) is 27.9. The van der Waals surface area contributed by atoms with Crippen molar-refractivity contribution in [2.45, 2.75) is 157 Å². The monoisotopic (exact) mass is 1130 g/mol. The van der Waals surface area contributed by atoms with E-state index in [1.54, 1.807) is 15.7 Å². The zero-order valence-corrected chi connectivity index (χ0v) is 52.7. The fourth-order valence-electron chi connectivity index (χ4n) is 15.2. The van der Waals surface area contributed by atoms with Crippen LogP contribution in [-0.2, 0) is 16.2 Å². The molecule has 0 saturated carbocycles. The Morgan fingerprint density at radius 1 is 0.547 bits per heavy atom. The van der Waals surface area contributed by atoms with Crippen LogP contribution in [0.3, 0.4) is 0 Å². The van der Waals surface area contributed by atoms with Crippen molar-refractivity contribution in [3.63, 3.8) is 0 Å². The first-order valence-electron chi connectivity index (χ1n) is 36.0. The maximum atomic E-state index is 9.74. The second-order valence-electron chi connectivity index (χ2n) is 29.7. The van der Waals surface area contributed by atoms with Crippen LogP contribution in [0.2, 0.25) is 0 Å². The number of hydrogen-bond donors (Lipinski definition) is 0. The predicted molar refractivity (Wildman–Crippen MR) is 372 cm³/mol. The number of allylic oxidation sites excluding steroid dienone is 4. The molecule has 4 unspecified atom stereocenters. The summed E-state index contributed by atoms with van der Waals surface area (Å²) in [5, 5.41) is 0.102. The Morgan fingerprint density at radius 2 is 1.13 bits per heavy atom. The van der Waals surface area contributed by atoms with Gasteiger partial charge in [0.05, 0.1) is 33.7 Å². The minimum Gasteiger partial charge on any atom is -0.334 e. The van der Waals surface area contributed by atoms with E-state index in [4.69, 9.17) is 2.74 Å². The number of para-hydroxylation sites is 2. The van der Waals surface area contributed by atoms with Crippen molar-refractivity contribution >= 4 is 73.3 Å². The van der Waals surface area contributed by atoms with Crippen molar-refractivity contribution < 1.29 is 11.0 Å². The van der Waals surface area contributed by atoms with Gasteiger partial charge in [0.1, 0.15) is 0 Å². The van der Waals surface area contributed by atoms with Crippen LogP contribution in [0.25, 0.3) is 49.7 Å². The number of nitrogens with zero attached hydrogens (tertiary/aromatic N) is 3. The fourth-order valence-corrected chi connectivity index (χ4v) is 15.2. The summed E-state index contributed by atoms with van der Waals surface area (Å²) < 4.78 is 76.5. The third-order valence-corrected chi connectivity index (χ3v) is 20.0. The smallest absolute Gasteiger partial charge is 0.252 e. The SMILES string of the molecule is [2H]c1c([2H])c([2H])c2c(c1[2H])c1c([2H])c([2H])c([2H])c([2H])c1n2-c1ccc2c(c1)N(c1c(-c3ccccc3)cc(C(C)(C)C)cc1-c1ccccc1)c1cc(C(C)(C)C)cc3c1B2c1ccc(C(C)(C)C)cc1N3C1C(C2CC=CCC2)=CC(C(C)(C)C)CC1C1=CCCCC1. The second-order valence-corrected chi connectivity index (χ2v) is 29.7. The lowest BCUT2D eigenvalue weighted by Crippen LogP contribution is -2.64. The van der Waals surface area contributed by atoms with E-state index in [9.17, 15) is 8.22 Å². The van der Waals surface area contributed by atoms with E-state index in [1.807, 2.05) is 6.07 Å². The molecule has 0 spiro atoms. The zero-order valence-electron chi connectivity index (χ0n) is 60.7. The van der Waals surface area contributed by atoms with E-state index in [2.05, 4.69) is 232 Å². The molecular weight excluding hydrogens is 1040 g/mol. The van der Waals surface area contributed by atoms with Crippen molar-refractivity contribution in [3.05, 3.63) is 222 Å². The van der Waals surface area contributed by atoms with Crippen LogP contribution in [0, 0.1) is 23.2 Å². The highest BCUT2D eigenvalue weighted by atomic mass is 15.2. The van der Waals surface area contributed by atoms with E-state index < -0.39 is 24.2 Å². The normalized spacial score (nSPS) is 21.0. The first-order chi connectivity index (χ1) is 44.5. The molecule has 434 valence electrons. The van der Waals surface area contributed by atoms with Gasteiger partial charge in [0.15, 0.2) is 0 Å². The van der Waals surface area contributed by atoms with Gasteiger partial charge in [0, 0.05) is 56.3 Å². The first kappa shape index (κ1) is 47.6. The quantitative estimate of drug-likeness (QED) is 0.116. The van der Waals surface area contributed by atoms with Gasteiger partial charge in [-0.05, 0) is 189 Å². The topological polar surface area (TPSA) is 11.4 Å². The maximum absolute atomic E-state index is 9.74. The molecule has 0 N–H and O–H groups in total. The Bertz CT molecular complexity index is 4550. The van der Waals surface area contributed by atoms with Gasteiger partial charge in [-0.1, -0.05) is 228 Å². The van der Waals surface area contributed by atoms with Crippen LogP contribution in [0.5, 0.6) is 0 Å². The van der Waals surface area contributed by atoms with E-state index in [0.29, 0.717) is 17.5 Å². The van der Waals surface area contributed by atoms with Crippen molar-refractivity contribution in [1.82, 2.24) is 4.57 Å². The summed E-state index contributed by atoms with van der Waals surface area (Å²) in [7, 11) is 0. The number of anilines is 5. The minimum absolute atomic E-state index is 0.00588. The minimum atomic E-state index is -0.468. The summed E-state index contributed by atoms with van der Waals surface area (Å²) in [5.74, 6) is 0.986. The molecule has 0 amide bonds. The number of hydrogen-bond acceptors (Lipinski definition) is 2. The average molecular weight is 1130 g/mol. The largest absolute Gasteiger partial charge is 0.334 e. The molecule has 3 aliphatic carbocycles. The lowest BCUT2D eigenvalue weighted by atomic mass is 9.33. The lowest BCUT2D eigenvalue weighted by molar-refractivity contribution is 0.220. The Kier molecular flexibility index (Phi) is 11.7. The van der Waals surface area contributed by atoms with Crippen molar-refractivity contribution in [2.24, 2.45) is 23.2 Å². The molecular formula is C82H88BN3. The molecule has 8 aromatic carbocycles. The maximum Gasteiger partial charge on any atom is 0.252 e. The molecule has 0 saturated heterocycles. The molecule has 0 bridgehead atoms. The van der Waals surface area contributed by atoms with Gasteiger partial charge in [-0.25, -0.2) is 0 Å². The third-order valence-electron chi connectivity index (χ3n) is 20.0. The second kappa shape index (κ2) is 21.1. The number of aromatic nitrogens is 1. The van der Waals surface area contributed by atoms with E-state index in [0.717, 1.165) is 83.3 Å². The molecule has 3 heterocycles. The van der Waals surface area contributed by atoms with Crippen LogP contribution in [0.15, 0.2) is 205 Å². The highest BCUT2D eigenvalue weighted by Gasteiger charge is 2.51. The summed E-state index contributed by atoms with van der Waals surface area (Å²) in [6.07, 6.45) is 19.1. The lowest BCUT2D eigenvalue weighted by Gasteiger charge is -2.53. The highest BCUT2D eigenvalue weighted by molar-refractivity contribution is 7.00. The molecule has 14 rings (SSSR count). The van der Waals surface area contributed by atoms with Crippen LogP contribution in [-0.4, -0.2) is 17.3 Å².